The highest BCUT2D eigenvalue weighted by atomic mass is 35.5. The highest BCUT2D eigenvalue weighted by molar-refractivity contribution is 6.31. The average Bonchev–Trinajstić information content (AvgIpc) is 3.08. The molecule has 1 fully saturated rings. The number of nitrogens with two attached hydrogens (primary N) is 1. The highest BCUT2D eigenvalue weighted by Crippen LogP contribution is 2.36. The largest absolute Gasteiger partial charge is 0.383 e. The van der Waals surface area contributed by atoms with Crippen LogP contribution in [0.4, 0.5) is 17.2 Å². The van der Waals surface area contributed by atoms with Gasteiger partial charge in [0.25, 0.3) is 0 Å². The van der Waals surface area contributed by atoms with Gasteiger partial charge in [0.15, 0.2) is 5.82 Å². The van der Waals surface area contributed by atoms with Gasteiger partial charge in [-0.2, -0.15) is 5.10 Å². The van der Waals surface area contributed by atoms with Gasteiger partial charge in [0.2, 0.25) is 0 Å². The van der Waals surface area contributed by atoms with Gasteiger partial charge in [-0.1, -0.05) is 24.4 Å². The Labute approximate surface area is 127 Å². The second-order valence-corrected chi connectivity index (χ2v) is 6.03. The molecule has 2 aliphatic rings. The summed E-state index contributed by atoms with van der Waals surface area (Å²) in [5.74, 6) is 1.24. The smallest absolute Gasteiger partial charge is 0.163 e. The van der Waals surface area contributed by atoms with E-state index in [4.69, 9.17) is 17.3 Å². The van der Waals surface area contributed by atoms with E-state index < -0.39 is 0 Å². The molecule has 0 saturated heterocycles. The summed E-state index contributed by atoms with van der Waals surface area (Å²) in [6, 6.07) is 6.01. The zero-order chi connectivity index (χ0) is 14.4. The lowest BCUT2D eigenvalue weighted by molar-refractivity contribution is 0.468. The SMILES string of the molecule is NC1=Nc2cc(Cl)ccc2Nc2nn(C3CCCC3)cc21. The number of halogens is 1. The first-order valence-electron chi connectivity index (χ1n) is 7.21. The van der Waals surface area contributed by atoms with Gasteiger partial charge in [0.1, 0.15) is 5.84 Å². The molecule has 5 nitrogen and oxygen atoms in total. The zero-order valence-electron chi connectivity index (χ0n) is 11.5. The van der Waals surface area contributed by atoms with Crippen molar-refractivity contribution in [1.29, 1.82) is 0 Å². The number of hydrogen-bond donors (Lipinski definition) is 2. The van der Waals surface area contributed by atoms with Gasteiger partial charge in [0.05, 0.1) is 23.0 Å². The van der Waals surface area contributed by atoms with Gasteiger partial charge in [-0.05, 0) is 31.0 Å². The van der Waals surface area contributed by atoms with E-state index in [2.05, 4.69) is 15.4 Å². The number of nitrogens with zero attached hydrogens (tertiary/aromatic N) is 3. The molecule has 1 aromatic heterocycles. The fourth-order valence-corrected chi connectivity index (χ4v) is 3.21. The van der Waals surface area contributed by atoms with Crippen LogP contribution < -0.4 is 11.1 Å². The predicted octanol–water partition coefficient (Wildman–Crippen LogP) is 3.75. The van der Waals surface area contributed by atoms with Crippen LogP contribution in [-0.4, -0.2) is 15.6 Å². The third kappa shape index (κ3) is 2.17. The minimum Gasteiger partial charge on any atom is -0.383 e. The quantitative estimate of drug-likeness (QED) is 0.843. The molecule has 1 aliphatic carbocycles. The summed E-state index contributed by atoms with van der Waals surface area (Å²) in [6.45, 7) is 0. The van der Waals surface area contributed by atoms with E-state index >= 15 is 0 Å². The Kier molecular flexibility index (Phi) is 2.89. The average molecular weight is 302 g/mol. The van der Waals surface area contributed by atoms with Crippen LogP contribution in [0.5, 0.6) is 0 Å². The molecule has 2 aromatic rings. The maximum absolute atomic E-state index is 6.14. The topological polar surface area (TPSA) is 68.2 Å². The van der Waals surface area contributed by atoms with Crippen molar-refractivity contribution >= 4 is 34.6 Å². The van der Waals surface area contributed by atoms with Gasteiger partial charge >= 0.3 is 0 Å². The van der Waals surface area contributed by atoms with Crippen LogP contribution in [0.1, 0.15) is 37.3 Å². The number of aromatic nitrogens is 2. The summed E-state index contributed by atoms with van der Waals surface area (Å²) in [4.78, 5) is 4.48. The van der Waals surface area contributed by atoms with Crippen molar-refractivity contribution in [3.63, 3.8) is 0 Å². The molecule has 3 N–H and O–H groups in total. The molecule has 108 valence electrons. The van der Waals surface area contributed by atoms with Crippen LogP contribution in [0, 0.1) is 0 Å². The number of benzene rings is 1. The maximum atomic E-state index is 6.14. The van der Waals surface area contributed by atoms with Crippen molar-refractivity contribution in [2.24, 2.45) is 10.7 Å². The van der Waals surface area contributed by atoms with E-state index in [0.29, 0.717) is 16.9 Å². The Balaban J connectivity index is 1.78. The molecule has 21 heavy (non-hydrogen) atoms. The third-order valence-corrected chi connectivity index (χ3v) is 4.40. The fraction of sp³-hybridized carbons (Fsp3) is 0.333. The summed E-state index contributed by atoms with van der Waals surface area (Å²) in [5, 5.41) is 8.64. The molecule has 1 aromatic carbocycles. The first kappa shape index (κ1) is 12.7. The van der Waals surface area contributed by atoms with E-state index in [-0.39, 0.29) is 0 Å². The Morgan fingerprint density at radius 3 is 2.90 bits per heavy atom. The Hall–Kier alpha value is -2.01. The van der Waals surface area contributed by atoms with Crippen LogP contribution in [-0.2, 0) is 0 Å². The lowest BCUT2D eigenvalue weighted by atomic mass is 10.2. The molecule has 0 unspecified atom stereocenters. The Morgan fingerprint density at radius 2 is 2.10 bits per heavy atom. The first-order chi connectivity index (χ1) is 10.2. The molecule has 1 saturated carbocycles. The molecule has 0 atom stereocenters. The second-order valence-electron chi connectivity index (χ2n) is 5.59. The Bertz CT molecular complexity index is 728. The normalized spacial score (nSPS) is 17.7. The van der Waals surface area contributed by atoms with Crippen molar-refractivity contribution in [3.8, 4) is 0 Å². The molecule has 0 spiro atoms. The van der Waals surface area contributed by atoms with Gasteiger partial charge in [-0.15, -0.1) is 0 Å². The minimum absolute atomic E-state index is 0.475. The summed E-state index contributed by atoms with van der Waals surface area (Å²) in [5.41, 5.74) is 8.61. The zero-order valence-corrected chi connectivity index (χ0v) is 12.3. The molecule has 0 radical (unpaired) electrons. The third-order valence-electron chi connectivity index (χ3n) is 4.16. The molecular formula is C15H16ClN5. The number of hydrogen-bond acceptors (Lipinski definition) is 4. The van der Waals surface area contributed by atoms with Crippen molar-refractivity contribution in [2.75, 3.05) is 5.32 Å². The number of fused-ring (bicyclic) bond motifs is 2. The Morgan fingerprint density at radius 1 is 1.29 bits per heavy atom. The molecule has 4 rings (SSSR count). The second kappa shape index (κ2) is 4.77. The number of aliphatic imine (C=N–C) groups is 1. The van der Waals surface area contributed by atoms with Crippen LogP contribution >= 0.6 is 11.6 Å². The molecule has 2 heterocycles. The standard InChI is InChI=1S/C15H16ClN5/c16-9-5-6-12-13(7-9)18-14(17)11-8-21(20-15(11)19-12)10-3-1-2-4-10/h5-8,10H,1-4H2,(H2,17,18)(H,19,20). The molecule has 6 heteroatoms. The highest BCUT2D eigenvalue weighted by Gasteiger charge is 2.23. The summed E-state index contributed by atoms with van der Waals surface area (Å²) in [7, 11) is 0. The van der Waals surface area contributed by atoms with Crippen LogP contribution in [0.3, 0.4) is 0 Å². The molecule has 1 aliphatic heterocycles. The predicted molar refractivity (Wildman–Crippen MR) is 84.9 cm³/mol. The van der Waals surface area contributed by atoms with E-state index in [1.807, 2.05) is 23.0 Å². The summed E-state index contributed by atoms with van der Waals surface area (Å²) < 4.78 is 2.04. The first-order valence-corrected chi connectivity index (χ1v) is 7.59. The van der Waals surface area contributed by atoms with E-state index in [9.17, 15) is 0 Å². The van der Waals surface area contributed by atoms with Crippen molar-refractivity contribution in [2.45, 2.75) is 31.7 Å². The van der Waals surface area contributed by atoms with E-state index in [1.54, 1.807) is 6.07 Å². The van der Waals surface area contributed by atoms with Crippen molar-refractivity contribution in [3.05, 3.63) is 35.0 Å². The number of nitrogens with one attached hydrogen (secondary N) is 1. The van der Waals surface area contributed by atoms with E-state index in [0.717, 1.165) is 22.8 Å². The fourth-order valence-electron chi connectivity index (χ4n) is 3.05. The number of rotatable bonds is 1. The molecular weight excluding hydrogens is 286 g/mol. The van der Waals surface area contributed by atoms with Crippen molar-refractivity contribution < 1.29 is 0 Å². The number of amidine groups is 1. The van der Waals surface area contributed by atoms with Gasteiger partial charge in [0, 0.05) is 11.2 Å². The summed E-state index contributed by atoms with van der Waals surface area (Å²) >= 11 is 6.02. The van der Waals surface area contributed by atoms with Gasteiger partial charge in [-0.3, -0.25) is 4.68 Å². The summed E-state index contributed by atoms with van der Waals surface area (Å²) in [6.07, 6.45) is 6.92. The maximum Gasteiger partial charge on any atom is 0.163 e. The van der Waals surface area contributed by atoms with Crippen LogP contribution in [0.25, 0.3) is 0 Å². The van der Waals surface area contributed by atoms with Crippen LogP contribution in [0.15, 0.2) is 29.4 Å². The monoisotopic (exact) mass is 301 g/mol. The van der Waals surface area contributed by atoms with E-state index in [1.165, 1.54) is 25.7 Å². The minimum atomic E-state index is 0.475. The molecule has 0 bridgehead atoms. The lowest BCUT2D eigenvalue weighted by Gasteiger charge is -2.09. The lowest BCUT2D eigenvalue weighted by Crippen LogP contribution is -2.12. The van der Waals surface area contributed by atoms with Crippen molar-refractivity contribution in [1.82, 2.24) is 9.78 Å². The van der Waals surface area contributed by atoms with Crippen LogP contribution in [0.2, 0.25) is 5.02 Å². The van der Waals surface area contributed by atoms with Gasteiger partial charge < -0.3 is 11.1 Å². The number of anilines is 2. The van der Waals surface area contributed by atoms with Gasteiger partial charge in [-0.25, -0.2) is 4.99 Å². The molecule has 0 amide bonds.